The van der Waals surface area contributed by atoms with Gasteiger partial charge in [0.15, 0.2) is 17.9 Å². The van der Waals surface area contributed by atoms with Gasteiger partial charge in [-0.05, 0) is 73.5 Å². The Morgan fingerprint density at radius 2 is 1.00 bits per heavy atom. The van der Waals surface area contributed by atoms with Gasteiger partial charge in [-0.25, -0.2) is 28.7 Å². The molecule has 0 saturated carbocycles. The van der Waals surface area contributed by atoms with Gasteiger partial charge in [-0.2, -0.15) is 0 Å². The van der Waals surface area contributed by atoms with E-state index in [4.69, 9.17) is 61.0 Å². The highest BCUT2D eigenvalue weighted by molar-refractivity contribution is 6.40. The first-order valence-corrected chi connectivity index (χ1v) is 28.3. The lowest BCUT2D eigenvalue weighted by Crippen LogP contribution is -2.58. The molecular formula is C64H52Cl4F2N10O7. The van der Waals surface area contributed by atoms with E-state index < -0.39 is 34.4 Å². The fourth-order valence-corrected chi connectivity index (χ4v) is 11.3. The van der Waals surface area contributed by atoms with Gasteiger partial charge in [-0.1, -0.05) is 107 Å². The predicted octanol–water partition coefficient (Wildman–Crippen LogP) is 14.5. The number of carboxylic acids is 2. The van der Waals surface area contributed by atoms with Crippen molar-refractivity contribution in [2.45, 2.75) is 20.4 Å². The lowest BCUT2D eigenvalue weighted by molar-refractivity contribution is -0.159. The number of hydrogen-bond donors (Lipinski definition) is 5. The minimum atomic E-state index is -0.859. The van der Waals surface area contributed by atoms with Gasteiger partial charge in [0, 0.05) is 109 Å². The Labute approximate surface area is 517 Å². The van der Waals surface area contributed by atoms with E-state index in [2.05, 4.69) is 45.9 Å². The van der Waals surface area contributed by atoms with Gasteiger partial charge in [-0.3, -0.25) is 29.3 Å². The average Bonchev–Trinajstić information content (AvgIpc) is 2.20. The van der Waals surface area contributed by atoms with E-state index in [0.717, 1.165) is 0 Å². The molecule has 0 bridgehead atoms. The van der Waals surface area contributed by atoms with Gasteiger partial charge >= 0.3 is 11.9 Å². The molecule has 12 rings (SSSR count). The summed E-state index contributed by atoms with van der Waals surface area (Å²) in [5.41, 5.74) is 7.53. The number of anilines is 4. The van der Waals surface area contributed by atoms with Gasteiger partial charge in [0.1, 0.15) is 34.2 Å². The van der Waals surface area contributed by atoms with Crippen LogP contribution in [0, 0.1) is 22.5 Å². The molecule has 442 valence electrons. The Morgan fingerprint density at radius 3 is 1.43 bits per heavy atom. The van der Waals surface area contributed by atoms with Crippen LogP contribution in [0.25, 0.3) is 66.6 Å². The Kier molecular flexibility index (Phi) is 18.2. The zero-order valence-electron chi connectivity index (χ0n) is 46.8. The number of nitrogens with one attached hydrogen (secondary N) is 3. The van der Waals surface area contributed by atoms with Gasteiger partial charge in [0.05, 0.1) is 73.1 Å². The molecule has 87 heavy (non-hydrogen) atoms. The summed E-state index contributed by atoms with van der Waals surface area (Å²) in [6.45, 7) is 5.55. The number of carbonyl (C=O) groups excluding carboxylic acids is 1. The molecule has 17 nitrogen and oxygen atoms in total. The summed E-state index contributed by atoms with van der Waals surface area (Å²) < 4.78 is 40.9. The van der Waals surface area contributed by atoms with Crippen LogP contribution < -0.4 is 25.4 Å². The first-order chi connectivity index (χ1) is 41.8. The number of aldehydes is 1. The van der Waals surface area contributed by atoms with Crippen LogP contribution in [0.2, 0.25) is 20.1 Å². The molecule has 6 heterocycles. The van der Waals surface area contributed by atoms with Gasteiger partial charge in [0.2, 0.25) is 0 Å². The summed E-state index contributed by atoms with van der Waals surface area (Å²) in [6.07, 6.45) is 10.1. The third-order valence-corrected chi connectivity index (χ3v) is 16.5. The van der Waals surface area contributed by atoms with E-state index >= 15 is 4.39 Å². The minimum absolute atomic E-state index is 0.122. The standard InChI is InChI=1S/C32H26Cl2FN5O3.C27H17Cl2FN4O2.C5H9NO2/c1-32(31(41)42)16-40(17-32)15-22-23(35)13-18(14-26(22)43-2)19-5-3-6-20(27(19)33)21-7-4-8-24(28(21)34)39-30-29-25(9-10-38-30)36-11-12-37-29;1-36-23-13-15(12-20(30)19(23)14-35)16-4-2-5-17(24(16)28)18-6-3-7-21(25(18)29)34-27-26-22(8-9-33-27)31-10-11-32-26;1-5(4(7)8)2-6-3-5/h3-14H,15-17H2,1-2H3,(H,38,39)(H,41,42);2-14H,1H3,(H,33,34);6H,2-3H2,1H3,(H,7,8). The maximum absolute atomic E-state index is 15.5. The van der Waals surface area contributed by atoms with Crippen molar-refractivity contribution in [2.24, 2.45) is 10.8 Å². The number of carboxylic acid groups (broad SMARTS) is 2. The molecule has 0 spiro atoms. The third kappa shape index (κ3) is 12.7. The normalized spacial score (nSPS) is 13.8. The Hall–Kier alpha value is -8.95. The summed E-state index contributed by atoms with van der Waals surface area (Å²) >= 11 is 27.5. The van der Waals surface area contributed by atoms with Gasteiger partial charge < -0.3 is 35.6 Å². The number of hydrogen-bond acceptors (Lipinski definition) is 15. The zero-order chi connectivity index (χ0) is 61.7. The Morgan fingerprint density at radius 1 is 0.575 bits per heavy atom. The van der Waals surface area contributed by atoms with Crippen molar-refractivity contribution in [1.82, 2.24) is 40.1 Å². The van der Waals surface area contributed by atoms with E-state index in [1.807, 2.05) is 65.6 Å². The summed E-state index contributed by atoms with van der Waals surface area (Å²) in [4.78, 5) is 61.1. The Bertz CT molecular complexity index is 4300. The number of nitrogens with zero attached hydrogens (tertiary/aromatic N) is 7. The molecule has 0 radical (unpaired) electrons. The zero-order valence-corrected chi connectivity index (χ0v) is 49.8. The van der Waals surface area contributed by atoms with E-state index in [0.29, 0.717) is 153 Å². The van der Waals surface area contributed by atoms with Crippen LogP contribution in [0.3, 0.4) is 0 Å². The largest absolute Gasteiger partial charge is 0.496 e. The molecule has 2 fully saturated rings. The number of fused-ring (bicyclic) bond motifs is 2. The second-order valence-electron chi connectivity index (χ2n) is 20.9. The van der Waals surface area contributed by atoms with E-state index in [9.17, 15) is 23.9 Å². The van der Waals surface area contributed by atoms with Crippen LogP contribution in [-0.2, 0) is 16.1 Å². The molecule has 5 N–H and O–H groups in total. The maximum atomic E-state index is 15.5. The predicted molar refractivity (Wildman–Crippen MR) is 334 cm³/mol. The monoisotopic (exact) mass is 1250 g/mol. The van der Waals surface area contributed by atoms with Crippen LogP contribution in [-0.4, -0.2) is 104 Å². The molecule has 2 aliphatic rings. The number of aliphatic carboxylic acids is 2. The van der Waals surface area contributed by atoms with Crippen LogP contribution in [0.5, 0.6) is 11.5 Å². The quantitative estimate of drug-likeness (QED) is 0.0601. The van der Waals surface area contributed by atoms with Crippen molar-refractivity contribution in [2.75, 3.05) is 51.0 Å². The number of ether oxygens (including phenoxy) is 2. The van der Waals surface area contributed by atoms with E-state index in [1.54, 1.807) is 87.4 Å². The molecule has 10 aromatic rings. The third-order valence-electron chi connectivity index (χ3n) is 14.9. The first-order valence-electron chi connectivity index (χ1n) is 26.7. The molecule has 23 heteroatoms. The van der Waals surface area contributed by atoms with Crippen LogP contribution in [0.4, 0.5) is 31.8 Å². The molecule has 2 saturated heterocycles. The summed E-state index contributed by atoms with van der Waals surface area (Å²) in [5.74, 6) is -1.22. The molecule has 4 aromatic heterocycles. The van der Waals surface area contributed by atoms with Crippen molar-refractivity contribution < 1.29 is 42.9 Å². The van der Waals surface area contributed by atoms with Crippen molar-refractivity contribution in [3.63, 3.8) is 0 Å². The summed E-state index contributed by atoms with van der Waals surface area (Å²) in [7, 11) is 2.85. The molecule has 2 aliphatic heterocycles. The summed E-state index contributed by atoms with van der Waals surface area (Å²) in [6, 6.07) is 31.5. The van der Waals surface area contributed by atoms with Crippen LogP contribution in [0.15, 0.2) is 146 Å². The number of benzene rings is 6. The van der Waals surface area contributed by atoms with Crippen molar-refractivity contribution in [1.29, 1.82) is 0 Å². The summed E-state index contributed by atoms with van der Waals surface area (Å²) in [5, 5.41) is 28.9. The van der Waals surface area contributed by atoms with Crippen molar-refractivity contribution in [3.8, 4) is 56.0 Å². The highest BCUT2D eigenvalue weighted by atomic mass is 35.5. The number of halogens is 6. The number of carbonyl (C=O) groups is 3. The van der Waals surface area contributed by atoms with Gasteiger partial charge in [-0.15, -0.1) is 0 Å². The van der Waals surface area contributed by atoms with Crippen molar-refractivity contribution in [3.05, 3.63) is 189 Å². The number of rotatable bonds is 15. The van der Waals surface area contributed by atoms with Crippen LogP contribution in [0.1, 0.15) is 29.8 Å². The fraction of sp³-hybridized carbons (Fsp3) is 0.172. The molecule has 0 atom stereocenters. The number of methoxy groups -OCH3 is 2. The number of aromatic nitrogens is 6. The van der Waals surface area contributed by atoms with E-state index in [-0.39, 0.29) is 17.9 Å². The van der Waals surface area contributed by atoms with Crippen LogP contribution >= 0.6 is 46.4 Å². The van der Waals surface area contributed by atoms with E-state index in [1.165, 1.54) is 26.4 Å². The Balaban J connectivity index is 0.000000172. The maximum Gasteiger partial charge on any atom is 0.311 e. The first kappa shape index (κ1) is 61.1. The average molecular weight is 1250 g/mol. The lowest BCUT2D eigenvalue weighted by atomic mass is 9.82. The lowest BCUT2D eigenvalue weighted by Gasteiger charge is -2.45. The number of likely N-dealkylation sites (tertiary alicyclic amines) is 1. The number of pyridine rings is 2. The van der Waals surface area contributed by atoms with Gasteiger partial charge in [0.25, 0.3) is 0 Å². The second kappa shape index (κ2) is 25.9. The molecule has 6 aromatic carbocycles. The SMILES string of the molecule is CC1(C(=O)O)CNC1.COc1cc(-c2cccc(-c3cccc(Nc4nccc5nccnc45)c3Cl)c2Cl)cc(F)c1C=O.COc1cc(-c2cccc(-c3cccc(Nc4nccc5nccnc45)c3Cl)c2Cl)cc(F)c1CN1CC(C)(C(=O)O)C1. The highest BCUT2D eigenvalue weighted by Crippen LogP contribution is 2.46. The molecule has 0 unspecified atom stereocenters. The molecule has 0 amide bonds. The smallest absolute Gasteiger partial charge is 0.311 e. The molecule has 0 aliphatic carbocycles. The fourth-order valence-electron chi connectivity index (χ4n) is 10.0. The minimum Gasteiger partial charge on any atom is -0.496 e. The van der Waals surface area contributed by atoms with Crippen molar-refractivity contribution >= 4 is 110 Å². The highest BCUT2D eigenvalue weighted by Gasteiger charge is 2.45. The topological polar surface area (TPSA) is 227 Å². The molecular weight excluding hydrogens is 1200 g/mol. The second-order valence-corrected chi connectivity index (χ2v) is 22.4.